The largest absolute Gasteiger partial charge is 0.349 e. The lowest BCUT2D eigenvalue weighted by Gasteiger charge is -2.16. The van der Waals surface area contributed by atoms with E-state index in [1.807, 2.05) is 36.4 Å². The topological polar surface area (TPSA) is 58.2 Å². The average molecular weight is 367 g/mol. The summed E-state index contributed by atoms with van der Waals surface area (Å²) in [6, 6.07) is 20.3. The van der Waals surface area contributed by atoms with Gasteiger partial charge in [-0.05, 0) is 29.9 Å². The van der Waals surface area contributed by atoms with Crippen molar-refractivity contribution in [2.75, 3.05) is 19.6 Å². The smallest absolute Gasteiger partial charge is 0.220 e. The Morgan fingerprint density at radius 1 is 0.926 bits per heavy atom. The lowest BCUT2D eigenvalue weighted by molar-refractivity contribution is -0.125. The molecule has 1 atom stereocenters. The Kier molecular flexibility index (Phi) is 9.28. The molecule has 0 fully saturated rings. The maximum absolute atomic E-state index is 12.0. The number of Topliss-reactive ketones (excluding diaryl/α,β-unsaturated/α-hetero) is 1. The molecule has 4 nitrogen and oxygen atoms in total. The summed E-state index contributed by atoms with van der Waals surface area (Å²) in [6.45, 7) is 3.79. The molecule has 27 heavy (non-hydrogen) atoms. The van der Waals surface area contributed by atoms with Gasteiger partial charge in [-0.25, -0.2) is 0 Å². The number of aryl methyl sites for hydroxylation is 1. The highest BCUT2D eigenvalue weighted by Crippen LogP contribution is 2.17. The van der Waals surface area contributed by atoms with Crippen LogP contribution in [0.25, 0.3) is 0 Å². The van der Waals surface area contributed by atoms with Crippen LogP contribution in [0.4, 0.5) is 0 Å². The number of ketones is 1. The Morgan fingerprint density at radius 3 is 2.26 bits per heavy atom. The van der Waals surface area contributed by atoms with Crippen molar-refractivity contribution in [2.24, 2.45) is 0 Å². The van der Waals surface area contributed by atoms with E-state index >= 15 is 0 Å². The molecule has 2 rings (SSSR count). The molecule has 0 unspecified atom stereocenters. The first-order chi connectivity index (χ1) is 13.2. The lowest BCUT2D eigenvalue weighted by Crippen LogP contribution is -2.31. The van der Waals surface area contributed by atoms with Gasteiger partial charge >= 0.3 is 0 Å². The third-order valence-corrected chi connectivity index (χ3v) is 4.70. The normalized spacial score (nSPS) is 11.7. The molecule has 2 aromatic rings. The zero-order valence-electron chi connectivity index (χ0n) is 16.1. The van der Waals surface area contributed by atoms with Crippen molar-refractivity contribution >= 4 is 11.7 Å². The number of carbonyl (C=O) groups is 2. The number of nitrogens with one attached hydrogen (secondary N) is 2. The highest BCUT2D eigenvalue weighted by atomic mass is 16.2. The lowest BCUT2D eigenvalue weighted by atomic mass is 9.96. The minimum Gasteiger partial charge on any atom is -0.349 e. The first-order valence-corrected chi connectivity index (χ1v) is 9.77. The molecule has 0 aliphatic rings. The fourth-order valence-electron chi connectivity index (χ4n) is 3.00. The Balaban J connectivity index is 1.57. The van der Waals surface area contributed by atoms with Gasteiger partial charge in [0.25, 0.3) is 0 Å². The van der Waals surface area contributed by atoms with Crippen LogP contribution in [0.2, 0.25) is 0 Å². The molecule has 2 aromatic carbocycles. The van der Waals surface area contributed by atoms with Gasteiger partial charge in [0, 0.05) is 25.9 Å². The van der Waals surface area contributed by atoms with Gasteiger partial charge in [0.1, 0.15) is 0 Å². The number of hydrogen-bond donors (Lipinski definition) is 2. The maximum Gasteiger partial charge on any atom is 0.220 e. The molecule has 2 N–H and O–H groups in total. The molecule has 4 heteroatoms. The van der Waals surface area contributed by atoms with E-state index in [2.05, 4.69) is 41.8 Å². The van der Waals surface area contributed by atoms with Gasteiger partial charge < -0.3 is 10.6 Å². The Morgan fingerprint density at radius 2 is 1.59 bits per heavy atom. The number of amides is 1. The van der Waals surface area contributed by atoms with Crippen LogP contribution < -0.4 is 10.6 Å². The minimum absolute atomic E-state index is 0.0586. The van der Waals surface area contributed by atoms with E-state index in [4.69, 9.17) is 0 Å². The van der Waals surface area contributed by atoms with Crippen molar-refractivity contribution in [3.8, 4) is 0 Å². The summed E-state index contributed by atoms with van der Waals surface area (Å²) < 4.78 is 0. The summed E-state index contributed by atoms with van der Waals surface area (Å²) in [5.74, 6) is 0.442. The van der Waals surface area contributed by atoms with E-state index in [0.29, 0.717) is 31.7 Å². The number of rotatable bonds is 12. The quantitative estimate of drug-likeness (QED) is 0.566. The summed E-state index contributed by atoms with van der Waals surface area (Å²) in [7, 11) is 0. The van der Waals surface area contributed by atoms with Gasteiger partial charge in [-0.1, -0.05) is 67.6 Å². The van der Waals surface area contributed by atoms with Gasteiger partial charge in [0.2, 0.25) is 5.91 Å². The molecular formula is C23H30N2O2. The molecule has 0 saturated heterocycles. The van der Waals surface area contributed by atoms with Crippen molar-refractivity contribution in [3.63, 3.8) is 0 Å². The van der Waals surface area contributed by atoms with Crippen LogP contribution in [0.15, 0.2) is 60.7 Å². The molecule has 144 valence electrons. The van der Waals surface area contributed by atoms with E-state index in [9.17, 15) is 9.59 Å². The molecule has 0 aliphatic heterocycles. The van der Waals surface area contributed by atoms with Crippen LogP contribution >= 0.6 is 0 Å². The molecule has 0 bridgehead atoms. The van der Waals surface area contributed by atoms with Crippen molar-refractivity contribution in [3.05, 3.63) is 71.8 Å². The van der Waals surface area contributed by atoms with Gasteiger partial charge in [-0.3, -0.25) is 9.59 Å². The monoisotopic (exact) mass is 366 g/mol. The first-order valence-electron chi connectivity index (χ1n) is 9.77. The third kappa shape index (κ3) is 8.18. The number of hydrogen-bond acceptors (Lipinski definition) is 3. The van der Waals surface area contributed by atoms with Crippen molar-refractivity contribution in [1.82, 2.24) is 10.6 Å². The SMILES string of the molecule is CC[C@H](CNCCC(=O)CNC(=O)CCc1ccccc1)c1ccccc1. The van der Waals surface area contributed by atoms with Crippen LogP contribution in [0.1, 0.15) is 43.2 Å². The summed E-state index contributed by atoms with van der Waals surface area (Å²) in [4.78, 5) is 23.8. The minimum atomic E-state index is -0.0738. The predicted molar refractivity (Wildman–Crippen MR) is 110 cm³/mol. The van der Waals surface area contributed by atoms with Gasteiger partial charge in [-0.15, -0.1) is 0 Å². The van der Waals surface area contributed by atoms with Crippen LogP contribution in [0.3, 0.4) is 0 Å². The Labute approximate surface area is 162 Å². The molecule has 0 heterocycles. The Hall–Kier alpha value is -2.46. The standard InChI is InChI=1S/C23H30N2O2/c1-2-20(21-11-7-4-8-12-21)17-24-16-15-22(26)18-25-23(27)14-13-19-9-5-3-6-10-19/h3-12,20,24H,2,13-18H2,1H3,(H,25,27)/t20-/m1/s1. The second-order valence-corrected chi connectivity index (χ2v) is 6.77. The van der Waals surface area contributed by atoms with E-state index in [-0.39, 0.29) is 18.2 Å². The molecule has 0 aliphatic carbocycles. The zero-order chi connectivity index (χ0) is 19.3. The molecule has 0 radical (unpaired) electrons. The summed E-state index contributed by atoms with van der Waals surface area (Å²) in [6.07, 6.45) is 2.59. The van der Waals surface area contributed by atoms with Gasteiger partial charge in [0.15, 0.2) is 5.78 Å². The summed E-state index contributed by atoms with van der Waals surface area (Å²) in [5.41, 5.74) is 2.46. The van der Waals surface area contributed by atoms with Crippen molar-refractivity contribution in [2.45, 2.75) is 38.5 Å². The van der Waals surface area contributed by atoms with Gasteiger partial charge in [-0.2, -0.15) is 0 Å². The average Bonchev–Trinajstić information content (AvgIpc) is 2.72. The number of benzene rings is 2. The molecular weight excluding hydrogens is 336 g/mol. The predicted octanol–water partition coefficient (Wildman–Crippen LogP) is 3.48. The maximum atomic E-state index is 12.0. The summed E-state index contributed by atoms with van der Waals surface area (Å²) in [5, 5.41) is 6.09. The number of carbonyl (C=O) groups excluding carboxylic acids is 2. The molecule has 0 spiro atoms. The molecule has 0 aromatic heterocycles. The van der Waals surface area contributed by atoms with E-state index in [1.54, 1.807) is 0 Å². The molecule has 0 saturated carbocycles. The van der Waals surface area contributed by atoms with Crippen LogP contribution in [0.5, 0.6) is 0 Å². The Bertz CT molecular complexity index is 686. The zero-order valence-corrected chi connectivity index (χ0v) is 16.1. The second kappa shape index (κ2) is 12.0. The fourth-order valence-corrected chi connectivity index (χ4v) is 3.00. The highest BCUT2D eigenvalue weighted by Gasteiger charge is 2.09. The highest BCUT2D eigenvalue weighted by molar-refractivity contribution is 5.86. The van der Waals surface area contributed by atoms with Crippen molar-refractivity contribution < 1.29 is 9.59 Å². The van der Waals surface area contributed by atoms with Crippen LogP contribution in [-0.4, -0.2) is 31.3 Å². The van der Waals surface area contributed by atoms with Gasteiger partial charge in [0.05, 0.1) is 6.54 Å². The van der Waals surface area contributed by atoms with E-state index < -0.39 is 0 Å². The first kappa shape index (κ1) is 20.8. The second-order valence-electron chi connectivity index (χ2n) is 6.77. The van der Waals surface area contributed by atoms with Crippen molar-refractivity contribution in [1.29, 1.82) is 0 Å². The summed E-state index contributed by atoms with van der Waals surface area (Å²) >= 11 is 0. The third-order valence-electron chi connectivity index (χ3n) is 4.70. The fraction of sp³-hybridized carbons (Fsp3) is 0.391. The molecule has 1 amide bonds. The van der Waals surface area contributed by atoms with E-state index in [1.165, 1.54) is 5.56 Å². The van der Waals surface area contributed by atoms with E-state index in [0.717, 1.165) is 18.5 Å². The van der Waals surface area contributed by atoms with Crippen LogP contribution in [0, 0.1) is 0 Å². The van der Waals surface area contributed by atoms with Crippen LogP contribution in [-0.2, 0) is 16.0 Å².